The Hall–Kier alpha value is -0.340. The zero-order valence-electron chi connectivity index (χ0n) is 10.5. The highest BCUT2D eigenvalue weighted by Gasteiger charge is 2.22. The number of hydrogen-bond donors (Lipinski definition) is 0. The first-order valence-corrected chi connectivity index (χ1v) is 8.17. The summed E-state index contributed by atoms with van der Waals surface area (Å²) in [6, 6.07) is 4.54. The van der Waals surface area contributed by atoms with E-state index < -0.39 is 0 Å². The minimum absolute atomic E-state index is 1.18. The minimum atomic E-state index is 1.18. The van der Waals surface area contributed by atoms with Gasteiger partial charge in [-0.1, -0.05) is 23.9 Å². The predicted molar refractivity (Wildman–Crippen MR) is 78.6 cm³/mol. The van der Waals surface area contributed by atoms with Crippen molar-refractivity contribution in [2.24, 2.45) is 0 Å². The third-order valence-corrected chi connectivity index (χ3v) is 6.56. The molecule has 1 heterocycles. The second kappa shape index (κ2) is 4.74. The van der Waals surface area contributed by atoms with Gasteiger partial charge in [0.05, 0.1) is 0 Å². The summed E-state index contributed by atoms with van der Waals surface area (Å²) >= 11 is 4.11. The van der Waals surface area contributed by atoms with Crippen molar-refractivity contribution in [1.29, 1.82) is 0 Å². The summed E-state index contributed by atoms with van der Waals surface area (Å²) in [5.41, 5.74) is 6.21. The van der Waals surface area contributed by atoms with Gasteiger partial charge in [0.1, 0.15) is 0 Å². The number of rotatable bonds is 0. The molecule has 0 bridgehead atoms. The van der Waals surface area contributed by atoms with Crippen LogP contribution in [0, 0.1) is 13.8 Å². The van der Waals surface area contributed by atoms with Crippen LogP contribution in [0.15, 0.2) is 26.8 Å². The molecule has 2 aliphatic rings. The van der Waals surface area contributed by atoms with Gasteiger partial charge in [-0.15, -0.1) is 11.8 Å². The summed E-state index contributed by atoms with van der Waals surface area (Å²) in [5.74, 6) is 1.18. The van der Waals surface area contributed by atoms with Gasteiger partial charge < -0.3 is 0 Å². The molecule has 1 aliphatic carbocycles. The lowest BCUT2D eigenvalue weighted by Crippen LogP contribution is -1.99. The largest absolute Gasteiger partial charge is 0.114 e. The molecule has 0 unspecified atom stereocenters. The van der Waals surface area contributed by atoms with Gasteiger partial charge in [0.25, 0.3) is 0 Å². The Morgan fingerprint density at radius 2 is 1.71 bits per heavy atom. The highest BCUT2D eigenvalue weighted by molar-refractivity contribution is 8.22. The van der Waals surface area contributed by atoms with Gasteiger partial charge in [0.2, 0.25) is 0 Å². The quantitative estimate of drug-likeness (QED) is 0.611. The van der Waals surface area contributed by atoms with Crippen LogP contribution in [0.1, 0.15) is 42.4 Å². The van der Waals surface area contributed by atoms with Crippen molar-refractivity contribution in [3.8, 4) is 0 Å². The Morgan fingerprint density at radius 1 is 1.00 bits per heavy atom. The maximum atomic E-state index is 2.27. The summed E-state index contributed by atoms with van der Waals surface area (Å²) in [4.78, 5) is 1.54. The van der Waals surface area contributed by atoms with Crippen LogP contribution in [-0.4, -0.2) is 0 Å². The molecule has 0 saturated heterocycles. The lowest BCUT2D eigenvalue weighted by Gasteiger charge is -2.23. The predicted octanol–water partition coefficient (Wildman–Crippen LogP) is 5.43. The zero-order valence-corrected chi connectivity index (χ0v) is 12.1. The molecule has 0 atom stereocenters. The molecule has 1 aromatic rings. The fourth-order valence-corrected chi connectivity index (χ4v) is 5.53. The van der Waals surface area contributed by atoms with E-state index in [1.165, 1.54) is 47.5 Å². The molecule has 1 fully saturated rings. The first-order valence-electron chi connectivity index (χ1n) is 6.37. The molecule has 0 nitrogen and oxygen atoms in total. The van der Waals surface area contributed by atoms with Crippen molar-refractivity contribution in [3.63, 3.8) is 0 Å². The summed E-state index contributed by atoms with van der Waals surface area (Å²) in [6.07, 6.45) is 5.49. The Kier molecular flexibility index (Phi) is 3.27. The molecule has 1 aromatic carbocycles. The van der Waals surface area contributed by atoms with Crippen LogP contribution in [0.25, 0.3) is 0 Å². The Labute approximate surface area is 112 Å². The van der Waals surface area contributed by atoms with Crippen LogP contribution in [0.4, 0.5) is 0 Å². The van der Waals surface area contributed by atoms with Crippen molar-refractivity contribution in [2.45, 2.75) is 50.2 Å². The first-order chi connectivity index (χ1) is 8.25. The molecule has 3 rings (SSSR count). The smallest absolute Gasteiger partial charge is 0.0445 e. The topological polar surface area (TPSA) is 0 Å². The van der Waals surface area contributed by atoms with Crippen LogP contribution in [-0.2, 0) is 5.75 Å². The van der Waals surface area contributed by atoms with Gasteiger partial charge in [-0.3, -0.25) is 0 Å². The van der Waals surface area contributed by atoms with Crippen molar-refractivity contribution in [2.75, 3.05) is 0 Å². The van der Waals surface area contributed by atoms with Gasteiger partial charge in [0.15, 0.2) is 0 Å². The molecule has 0 aromatic heterocycles. The third kappa shape index (κ3) is 2.17. The Bertz CT molecular complexity index is 478. The van der Waals surface area contributed by atoms with Gasteiger partial charge in [-0.05, 0) is 61.8 Å². The molecule has 1 aliphatic heterocycles. The van der Waals surface area contributed by atoms with E-state index in [1.807, 2.05) is 11.8 Å². The standard InChI is InChI=1S/C15H18S2/c1-10-7-8-11(2)14-13(10)9-16-15(17-14)12-5-3-4-6-12/h7-8H,3-6,9H2,1-2H3. The SMILES string of the molecule is Cc1ccc(C)c2c1CSC(=C1CCCC1)S2. The van der Waals surface area contributed by atoms with E-state index in [4.69, 9.17) is 0 Å². The number of benzene rings is 1. The molecule has 17 heavy (non-hydrogen) atoms. The molecular weight excluding hydrogens is 244 g/mol. The minimum Gasteiger partial charge on any atom is -0.114 e. The second-order valence-corrected chi connectivity index (χ2v) is 7.26. The van der Waals surface area contributed by atoms with E-state index in [2.05, 4.69) is 37.7 Å². The summed E-state index contributed by atoms with van der Waals surface area (Å²) < 4.78 is 1.61. The molecule has 0 amide bonds. The lowest BCUT2D eigenvalue weighted by atomic mass is 10.1. The van der Waals surface area contributed by atoms with Crippen LogP contribution in [0.2, 0.25) is 0 Å². The van der Waals surface area contributed by atoms with E-state index in [-0.39, 0.29) is 0 Å². The van der Waals surface area contributed by atoms with E-state index in [0.717, 1.165) is 0 Å². The zero-order chi connectivity index (χ0) is 11.8. The highest BCUT2D eigenvalue weighted by Crippen LogP contribution is 2.50. The van der Waals surface area contributed by atoms with E-state index in [9.17, 15) is 0 Å². The van der Waals surface area contributed by atoms with Gasteiger partial charge in [-0.25, -0.2) is 0 Å². The number of thioether (sulfide) groups is 2. The molecule has 1 saturated carbocycles. The normalized spacial score (nSPS) is 19.6. The molecule has 0 N–H and O–H groups in total. The number of hydrogen-bond acceptors (Lipinski definition) is 2. The van der Waals surface area contributed by atoms with E-state index in [0.29, 0.717) is 0 Å². The maximum Gasteiger partial charge on any atom is 0.0445 e. The van der Waals surface area contributed by atoms with Gasteiger partial charge >= 0.3 is 0 Å². The lowest BCUT2D eigenvalue weighted by molar-refractivity contribution is 0.886. The Morgan fingerprint density at radius 3 is 2.47 bits per heavy atom. The molecule has 0 spiro atoms. The van der Waals surface area contributed by atoms with E-state index in [1.54, 1.807) is 15.4 Å². The number of allylic oxidation sites excluding steroid dienone is 1. The third-order valence-electron chi connectivity index (χ3n) is 3.73. The highest BCUT2D eigenvalue weighted by atomic mass is 32.2. The first kappa shape index (κ1) is 11.7. The molecule has 0 radical (unpaired) electrons. The molecule has 2 heteroatoms. The summed E-state index contributed by atoms with van der Waals surface area (Å²) in [5, 5.41) is 0. The Balaban J connectivity index is 2.00. The van der Waals surface area contributed by atoms with E-state index >= 15 is 0 Å². The van der Waals surface area contributed by atoms with Crippen LogP contribution in [0.5, 0.6) is 0 Å². The maximum absolute atomic E-state index is 2.27. The van der Waals surface area contributed by atoms with Gasteiger partial charge in [-0.2, -0.15) is 0 Å². The average molecular weight is 262 g/mol. The summed E-state index contributed by atoms with van der Waals surface area (Å²) in [7, 11) is 0. The van der Waals surface area contributed by atoms with Crippen LogP contribution >= 0.6 is 23.5 Å². The molecule has 90 valence electrons. The molecular formula is C15H18S2. The van der Waals surface area contributed by atoms with Crippen molar-refractivity contribution in [3.05, 3.63) is 38.6 Å². The monoisotopic (exact) mass is 262 g/mol. The van der Waals surface area contributed by atoms with Crippen molar-refractivity contribution >= 4 is 23.5 Å². The number of fused-ring (bicyclic) bond motifs is 1. The fraction of sp³-hybridized carbons (Fsp3) is 0.467. The van der Waals surface area contributed by atoms with Gasteiger partial charge in [0, 0.05) is 14.9 Å². The second-order valence-electron chi connectivity index (χ2n) is 5.00. The van der Waals surface area contributed by atoms with Crippen molar-refractivity contribution < 1.29 is 0 Å². The van der Waals surface area contributed by atoms with Crippen molar-refractivity contribution in [1.82, 2.24) is 0 Å². The average Bonchev–Trinajstić information content (AvgIpc) is 2.87. The summed E-state index contributed by atoms with van der Waals surface area (Å²) in [6.45, 7) is 4.49. The fourth-order valence-electron chi connectivity index (χ4n) is 2.60. The van der Waals surface area contributed by atoms with Crippen LogP contribution in [0.3, 0.4) is 0 Å². The number of aryl methyl sites for hydroxylation is 2. The van der Waals surface area contributed by atoms with Crippen LogP contribution < -0.4 is 0 Å².